The summed E-state index contributed by atoms with van der Waals surface area (Å²) in [5, 5.41) is 11.4. The van der Waals surface area contributed by atoms with E-state index in [1.807, 2.05) is 87.8 Å². The fourth-order valence-electron chi connectivity index (χ4n) is 2.25. The second-order valence-corrected chi connectivity index (χ2v) is 5.70. The van der Waals surface area contributed by atoms with Crippen molar-refractivity contribution in [2.24, 2.45) is 0 Å². The summed E-state index contributed by atoms with van der Waals surface area (Å²) in [4.78, 5) is 4.70. The lowest BCUT2D eigenvalue weighted by Crippen LogP contribution is -2.43. The Morgan fingerprint density at radius 3 is 2.23 bits per heavy atom. The predicted octanol–water partition coefficient (Wildman–Crippen LogP) is 3.27. The minimum absolute atomic E-state index is 0.725. The molecule has 0 spiro atoms. The van der Waals surface area contributed by atoms with E-state index >= 15 is 0 Å². The van der Waals surface area contributed by atoms with Gasteiger partial charge in [-0.15, -0.1) is 11.3 Å². The van der Waals surface area contributed by atoms with Crippen molar-refractivity contribution < 1.29 is 4.80 Å². The molecule has 4 aromatic rings. The third-order valence-corrected chi connectivity index (χ3v) is 4.14. The number of tetrazole rings is 1. The van der Waals surface area contributed by atoms with Crippen molar-refractivity contribution in [3.05, 3.63) is 78.2 Å². The second-order valence-electron chi connectivity index (χ2n) is 4.75. The van der Waals surface area contributed by atoms with E-state index in [9.17, 15) is 0 Å². The van der Waals surface area contributed by atoms with Crippen LogP contribution >= 0.6 is 11.3 Å². The molecule has 0 aliphatic carbocycles. The molecule has 5 heteroatoms. The molecular weight excluding hydrogens is 292 g/mol. The highest BCUT2D eigenvalue weighted by atomic mass is 32.1. The summed E-state index contributed by atoms with van der Waals surface area (Å²) in [5.74, 6) is 0.725. The Balaban J connectivity index is 1.92. The Bertz CT molecular complexity index is 811. The molecule has 0 aliphatic heterocycles. The lowest BCUT2D eigenvalue weighted by molar-refractivity contribution is -0.734. The Labute approximate surface area is 131 Å². The molecule has 4 nitrogen and oxygen atoms in total. The van der Waals surface area contributed by atoms with Gasteiger partial charge in [-0.1, -0.05) is 42.5 Å². The number of hydrogen-bond acceptors (Lipinski definition) is 3. The van der Waals surface area contributed by atoms with Crippen molar-refractivity contribution >= 4 is 11.3 Å². The first-order valence-corrected chi connectivity index (χ1v) is 7.84. The van der Waals surface area contributed by atoms with Gasteiger partial charge in [0.05, 0.1) is 5.10 Å². The quantitative estimate of drug-likeness (QED) is 0.544. The van der Waals surface area contributed by atoms with E-state index in [0.29, 0.717) is 0 Å². The first-order chi connectivity index (χ1) is 10.9. The number of rotatable bonds is 3. The Hall–Kier alpha value is -2.79. The van der Waals surface area contributed by atoms with Gasteiger partial charge in [-0.2, -0.15) is 0 Å². The number of para-hydroxylation sites is 2. The standard InChI is InChI=1S/C17H13N4S/c1-3-8-14(9-4-1)20-18-17(16-12-7-13-22-16)19-21(20)15-10-5-2-6-11-15/h1-13H/q+1. The monoisotopic (exact) mass is 305 g/mol. The molecule has 106 valence electrons. The number of benzene rings is 2. The van der Waals surface area contributed by atoms with Crippen molar-refractivity contribution in [2.75, 3.05) is 0 Å². The maximum absolute atomic E-state index is 4.68. The highest BCUT2D eigenvalue weighted by molar-refractivity contribution is 7.13. The number of nitrogens with zero attached hydrogens (tertiary/aromatic N) is 4. The van der Waals surface area contributed by atoms with E-state index in [1.165, 1.54) is 0 Å². The molecule has 22 heavy (non-hydrogen) atoms. The zero-order valence-corrected chi connectivity index (χ0v) is 12.5. The van der Waals surface area contributed by atoms with Gasteiger partial charge in [0.15, 0.2) is 5.69 Å². The molecule has 0 saturated heterocycles. The Morgan fingerprint density at radius 2 is 1.55 bits per heavy atom. The Kier molecular flexibility index (Phi) is 3.25. The normalized spacial score (nSPS) is 10.7. The highest BCUT2D eigenvalue weighted by Crippen LogP contribution is 2.20. The van der Waals surface area contributed by atoms with Crippen molar-refractivity contribution in [1.82, 2.24) is 15.0 Å². The fourth-order valence-corrected chi connectivity index (χ4v) is 2.89. The highest BCUT2D eigenvalue weighted by Gasteiger charge is 2.23. The van der Waals surface area contributed by atoms with Gasteiger partial charge in [-0.25, -0.2) is 0 Å². The average molecular weight is 305 g/mol. The van der Waals surface area contributed by atoms with E-state index in [4.69, 9.17) is 0 Å². The number of hydrogen-bond donors (Lipinski definition) is 0. The second kappa shape index (κ2) is 5.54. The molecule has 2 aromatic carbocycles. The summed E-state index contributed by atoms with van der Waals surface area (Å²) in [7, 11) is 0. The summed E-state index contributed by atoms with van der Waals surface area (Å²) < 4.78 is 0. The topological polar surface area (TPSA) is 34.6 Å². The molecule has 2 aromatic heterocycles. The van der Waals surface area contributed by atoms with Crippen LogP contribution in [-0.2, 0) is 0 Å². The van der Waals surface area contributed by atoms with Crippen LogP contribution in [0.4, 0.5) is 0 Å². The first-order valence-electron chi connectivity index (χ1n) is 6.96. The number of thiophene rings is 1. The third-order valence-electron chi connectivity index (χ3n) is 3.27. The molecule has 0 amide bonds. The number of aromatic nitrogens is 4. The lowest BCUT2D eigenvalue weighted by Gasteiger charge is -1.98. The molecule has 0 unspecified atom stereocenters. The molecule has 0 radical (unpaired) electrons. The van der Waals surface area contributed by atoms with Crippen molar-refractivity contribution in [1.29, 1.82) is 0 Å². The summed E-state index contributed by atoms with van der Waals surface area (Å²) in [6, 6.07) is 24.1. The summed E-state index contributed by atoms with van der Waals surface area (Å²) >= 11 is 1.64. The van der Waals surface area contributed by atoms with Crippen LogP contribution in [0, 0.1) is 0 Å². The van der Waals surface area contributed by atoms with E-state index in [1.54, 1.807) is 11.3 Å². The van der Waals surface area contributed by atoms with Crippen molar-refractivity contribution in [3.8, 4) is 22.1 Å². The van der Waals surface area contributed by atoms with Crippen molar-refractivity contribution in [3.63, 3.8) is 0 Å². The van der Waals surface area contributed by atoms with Crippen LogP contribution in [0.3, 0.4) is 0 Å². The summed E-state index contributed by atoms with van der Waals surface area (Å²) in [6.45, 7) is 0. The summed E-state index contributed by atoms with van der Waals surface area (Å²) in [6.07, 6.45) is 0. The van der Waals surface area contributed by atoms with E-state index in [-0.39, 0.29) is 0 Å². The largest absolute Gasteiger partial charge is 0.349 e. The van der Waals surface area contributed by atoms with Crippen molar-refractivity contribution in [2.45, 2.75) is 0 Å². The van der Waals surface area contributed by atoms with Gasteiger partial charge in [0.2, 0.25) is 0 Å². The fraction of sp³-hybridized carbons (Fsp3) is 0. The maximum Gasteiger partial charge on any atom is 0.349 e. The van der Waals surface area contributed by atoms with Crippen LogP contribution in [-0.4, -0.2) is 15.0 Å². The molecule has 2 heterocycles. The minimum atomic E-state index is 0.725. The van der Waals surface area contributed by atoms with E-state index in [0.717, 1.165) is 22.1 Å². The maximum atomic E-state index is 4.68. The van der Waals surface area contributed by atoms with Crippen LogP contribution in [0.2, 0.25) is 0 Å². The molecule has 0 fully saturated rings. The molecule has 0 aliphatic rings. The van der Waals surface area contributed by atoms with Crippen LogP contribution in [0.25, 0.3) is 22.1 Å². The zero-order valence-electron chi connectivity index (χ0n) is 11.7. The van der Waals surface area contributed by atoms with Gasteiger partial charge in [-0.05, 0) is 45.6 Å². The molecular formula is C17H13N4S+. The summed E-state index contributed by atoms with van der Waals surface area (Å²) in [5.41, 5.74) is 1.95. The van der Waals surface area contributed by atoms with Crippen LogP contribution in [0.5, 0.6) is 0 Å². The predicted molar refractivity (Wildman–Crippen MR) is 86.2 cm³/mol. The van der Waals surface area contributed by atoms with Gasteiger partial charge < -0.3 is 0 Å². The molecule has 0 saturated carbocycles. The molecule has 0 atom stereocenters. The SMILES string of the molecule is c1ccc(-n2nc(-c3cccs3)n[n+]2-c2ccccc2)cc1. The van der Waals surface area contributed by atoms with E-state index in [2.05, 4.69) is 10.2 Å². The third kappa shape index (κ3) is 2.31. The van der Waals surface area contributed by atoms with Gasteiger partial charge in [0, 0.05) is 4.80 Å². The zero-order chi connectivity index (χ0) is 14.8. The first kappa shape index (κ1) is 12.9. The van der Waals surface area contributed by atoms with Crippen LogP contribution in [0.1, 0.15) is 0 Å². The van der Waals surface area contributed by atoms with Gasteiger partial charge in [-0.3, -0.25) is 0 Å². The minimum Gasteiger partial charge on any atom is -0.138 e. The molecule has 0 N–H and O–H groups in total. The van der Waals surface area contributed by atoms with Gasteiger partial charge >= 0.3 is 5.82 Å². The van der Waals surface area contributed by atoms with Gasteiger partial charge in [0.25, 0.3) is 0 Å². The lowest BCUT2D eigenvalue weighted by atomic mass is 10.3. The molecule has 0 bridgehead atoms. The average Bonchev–Trinajstić information content (AvgIpc) is 3.26. The molecule has 4 rings (SSSR count). The Morgan fingerprint density at radius 1 is 0.818 bits per heavy atom. The van der Waals surface area contributed by atoms with Crippen LogP contribution < -0.4 is 4.80 Å². The van der Waals surface area contributed by atoms with Gasteiger partial charge in [0.1, 0.15) is 10.6 Å². The smallest absolute Gasteiger partial charge is 0.138 e. The van der Waals surface area contributed by atoms with E-state index < -0.39 is 0 Å². The van der Waals surface area contributed by atoms with Crippen LogP contribution in [0.15, 0.2) is 78.2 Å².